The number of methoxy groups -OCH3 is 2. The number of hydrogen-bond acceptors (Lipinski definition) is 4. The average molecular weight is 527 g/mol. The molecule has 1 aliphatic carbocycles. The second-order valence-corrected chi connectivity index (χ2v) is 7.06. The molecule has 2 N–H and O–H groups in total. The van der Waals surface area contributed by atoms with Gasteiger partial charge in [0.15, 0.2) is 17.5 Å². The van der Waals surface area contributed by atoms with Crippen molar-refractivity contribution in [2.24, 2.45) is 10.4 Å². The molecule has 0 saturated heterocycles. The van der Waals surface area contributed by atoms with Crippen molar-refractivity contribution < 1.29 is 23.0 Å². The summed E-state index contributed by atoms with van der Waals surface area (Å²) in [6.45, 7) is -0.633. The third kappa shape index (κ3) is 8.12. The van der Waals surface area contributed by atoms with Crippen LogP contribution in [0.4, 0.5) is 8.78 Å². The molecule has 0 heterocycles. The van der Waals surface area contributed by atoms with Crippen molar-refractivity contribution in [3.8, 4) is 11.5 Å². The summed E-state index contributed by atoms with van der Waals surface area (Å²) in [4.78, 5) is 4.26. The third-order valence-electron chi connectivity index (χ3n) is 5.26. The highest BCUT2D eigenvalue weighted by atomic mass is 127. The lowest BCUT2D eigenvalue weighted by atomic mass is 9.67. The minimum absolute atomic E-state index is 0. The summed E-state index contributed by atoms with van der Waals surface area (Å²) in [5.74, 6) is 1.07. The Bertz CT molecular complexity index is 643. The van der Waals surface area contributed by atoms with Gasteiger partial charge in [-0.05, 0) is 48.8 Å². The minimum atomic E-state index is -2.89. The van der Waals surface area contributed by atoms with Crippen molar-refractivity contribution in [2.75, 3.05) is 41.0 Å². The Balaban J connectivity index is 0.00000420. The largest absolute Gasteiger partial charge is 0.493 e. The number of guanidine groups is 1. The van der Waals surface area contributed by atoms with Gasteiger partial charge < -0.3 is 24.8 Å². The lowest BCUT2D eigenvalue weighted by molar-refractivity contribution is -0.0512. The molecule has 1 saturated carbocycles. The smallest absolute Gasteiger partial charge is 0.387 e. The maximum Gasteiger partial charge on any atom is 0.387 e. The second kappa shape index (κ2) is 13.0. The van der Waals surface area contributed by atoms with E-state index in [4.69, 9.17) is 9.47 Å². The number of ether oxygens (including phenoxy) is 3. The SMILES string of the molecule is CN=C(NCCc1ccc(OC)c(OC(F)F)c1)NCC1(CCOC)CCC1.I. The zero-order valence-corrected chi connectivity index (χ0v) is 19.6. The number of nitrogens with one attached hydrogen (secondary N) is 2. The van der Waals surface area contributed by atoms with Gasteiger partial charge in [-0.25, -0.2) is 0 Å². The van der Waals surface area contributed by atoms with Gasteiger partial charge in [-0.2, -0.15) is 8.78 Å². The molecule has 1 fully saturated rings. The summed E-state index contributed by atoms with van der Waals surface area (Å²) in [5, 5.41) is 6.67. The van der Waals surface area contributed by atoms with Crippen molar-refractivity contribution in [1.82, 2.24) is 10.6 Å². The van der Waals surface area contributed by atoms with Gasteiger partial charge in [-0.3, -0.25) is 4.99 Å². The maximum absolute atomic E-state index is 12.5. The number of aliphatic imine (C=N–C) groups is 1. The van der Waals surface area contributed by atoms with Crippen LogP contribution < -0.4 is 20.1 Å². The topological polar surface area (TPSA) is 64.1 Å². The highest BCUT2D eigenvalue weighted by molar-refractivity contribution is 14.0. The highest BCUT2D eigenvalue weighted by Crippen LogP contribution is 2.43. The number of nitrogens with zero attached hydrogens (tertiary/aromatic N) is 1. The van der Waals surface area contributed by atoms with Crippen molar-refractivity contribution in [3.63, 3.8) is 0 Å². The minimum Gasteiger partial charge on any atom is -0.493 e. The number of rotatable bonds is 11. The van der Waals surface area contributed by atoms with Crippen LogP contribution in [-0.4, -0.2) is 53.5 Å². The molecule has 1 aliphatic rings. The Morgan fingerprint density at radius 1 is 1.21 bits per heavy atom. The molecule has 0 spiro atoms. The van der Waals surface area contributed by atoms with Gasteiger partial charge in [0.1, 0.15) is 0 Å². The molecule has 1 aromatic rings. The summed E-state index contributed by atoms with van der Waals surface area (Å²) in [6, 6.07) is 5.05. The van der Waals surface area contributed by atoms with Gasteiger partial charge in [-0.1, -0.05) is 12.5 Å². The fourth-order valence-electron chi connectivity index (χ4n) is 3.39. The lowest BCUT2D eigenvalue weighted by Gasteiger charge is -2.42. The summed E-state index contributed by atoms with van der Waals surface area (Å²) in [7, 11) is 4.89. The normalized spacial score (nSPS) is 15.3. The van der Waals surface area contributed by atoms with Crippen LogP contribution in [0.5, 0.6) is 11.5 Å². The molecule has 9 heteroatoms. The predicted octanol–water partition coefficient (Wildman–Crippen LogP) is 3.83. The first-order chi connectivity index (χ1) is 13.5. The molecule has 0 amide bonds. The molecule has 0 atom stereocenters. The van der Waals surface area contributed by atoms with E-state index in [1.54, 1.807) is 26.3 Å². The standard InChI is InChI=1S/C20H31F2N3O3.HI/c1-23-19(25-14-20(8-4-9-20)10-12-26-2)24-11-7-15-5-6-16(27-3)17(13-15)28-18(21)22;/h5-6,13,18H,4,7-12,14H2,1-3H3,(H2,23,24,25);1H. The zero-order valence-electron chi connectivity index (χ0n) is 17.3. The van der Waals surface area contributed by atoms with E-state index < -0.39 is 6.61 Å². The predicted molar refractivity (Wildman–Crippen MR) is 121 cm³/mol. The van der Waals surface area contributed by atoms with Crippen LogP contribution in [0.2, 0.25) is 0 Å². The highest BCUT2D eigenvalue weighted by Gasteiger charge is 2.36. The van der Waals surface area contributed by atoms with Crippen LogP contribution in [0.15, 0.2) is 23.2 Å². The molecule has 0 radical (unpaired) electrons. The van der Waals surface area contributed by atoms with Crippen LogP contribution in [0, 0.1) is 5.41 Å². The van der Waals surface area contributed by atoms with Gasteiger partial charge in [0.2, 0.25) is 0 Å². The van der Waals surface area contributed by atoms with Crippen molar-refractivity contribution >= 4 is 29.9 Å². The van der Waals surface area contributed by atoms with E-state index in [-0.39, 0.29) is 35.5 Å². The number of benzene rings is 1. The summed E-state index contributed by atoms with van der Waals surface area (Å²) < 4.78 is 39.9. The van der Waals surface area contributed by atoms with Crippen molar-refractivity contribution in [3.05, 3.63) is 23.8 Å². The Kier molecular flexibility index (Phi) is 11.6. The Morgan fingerprint density at radius 3 is 2.52 bits per heavy atom. The first-order valence-electron chi connectivity index (χ1n) is 9.57. The first kappa shape index (κ1) is 25.7. The Morgan fingerprint density at radius 2 is 1.97 bits per heavy atom. The van der Waals surface area contributed by atoms with Gasteiger partial charge in [0.25, 0.3) is 0 Å². The molecule has 166 valence electrons. The molecule has 0 bridgehead atoms. The van der Waals surface area contributed by atoms with E-state index in [2.05, 4.69) is 20.4 Å². The third-order valence-corrected chi connectivity index (χ3v) is 5.26. The average Bonchev–Trinajstić information content (AvgIpc) is 2.65. The van der Waals surface area contributed by atoms with E-state index in [0.717, 1.165) is 31.1 Å². The molecular formula is C20H32F2IN3O3. The second-order valence-electron chi connectivity index (χ2n) is 7.06. The van der Waals surface area contributed by atoms with Gasteiger partial charge >= 0.3 is 6.61 Å². The zero-order chi connectivity index (χ0) is 20.4. The van der Waals surface area contributed by atoms with Crippen LogP contribution in [0.25, 0.3) is 0 Å². The molecule has 2 rings (SSSR count). The Labute approximate surface area is 188 Å². The van der Waals surface area contributed by atoms with E-state index in [1.807, 2.05) is 6.07 Å². The summed E-state index contributed by atoms with van der Waals surface area (Å²) in [6.07, 6.45) is 5.36. The number of halogens is 3. The van der Waals surface area contributed by atoms with Crippen LogP contribution in [0.3, 0.4) is 0 Å². The molecule has 1 aromatic carbocycles. The van der Waals surface area contributed by atoms with E-state index in [9.17, 15) is 8.78 Å². The fourth-order valence-corrected chi connectivity index (χ4v) is 3.39. The monoisotopic (exact) mass is 527 g/mol. The van der Waals surface area contributed by atoms with Gasteiger partial charge in [0.05, 0.1) is 7.11 Å². The molecule has 0 aliphatic heterocycles. The molecule has 6 nitrogen and oxygen atoms in total. The van der Waals surface area contributed by atoms with Gasteiger partial charge in [0, 0.05) is 33.9 Å². The molecule has 29 heavy (non-hydrogen) atoms. The molecule has 0 aromatic heterocycles. The van der Waals surface area contributed by atoms with Crippen LogP contribution in [-0.2, 0) is 11.2 Å². The number of alkyl halides is 2. The van der Waals surface area contributed by atoms with E-state index >= 15 is 0 Å². The van der Waals surface area contributed by atoms with Gasteiger partial charge in [-0.15, -0.1) is 24.0 Å². The fraction of sp³-hybridized carbons (Fsp3) is 0.650. The van der Waals surface area contributed by atoms with E-state index in [0.29, 0.717) is 18.4 Å². The van der Waals surface area contributed by atoms with Crippen molar-refractivity contribution in [1.29, 1.82) is 0 Å². The van der Waals surface area contributed by atoms with Crippen molar-refractivity contribution in [2.45, 2.75) is 38.7 Å². The molecule has 0 unspecified atom stereocenters. The molecular weight excluding hydrogens is 495 g/mol. The van der Waals surface area contributed by atoms with E-state index in [1.165, 1.54) is 26.4 Å². The summed E-state index contributed by atoms with van der Waals surface area (Å²) in [5.41, 5.74) is 1.17. The van der Waals surface area contributed by atoms with Crippen LogP contribution >= 0.6 is 24.0 Å². The summed E-state index contributed by atoms with van der Waals surface area (Å²) >= 11 is 0. The first-order valence-corrected chi connectivity index (χ1v) is 9.57. The lowest BCUT2D eigenvalue weighted by Crippen LogP contribution is -2.47. The quantitative estimate of drug-likeness (QED) is 0.260. The maximum atomic E-state index is 12.5. The number of hydrogen-bond donors (Lipinski definition) is 2. The Hall–Kier alpha value is -1.36. The van der Waals surface area contributed by atoms with Crippen LogP contribution in [0.1, 0.15) is 31.2 Å².